The normalized spacial score (nSPS) is 11.9. The van der Waals surface area contributed by atoms with E-state index in [1.807, 2.05) is 6.08 Å². The van der Waals surface area contributed by atoms with Gasteiger partial charge in [0.05, 0.1) is 0 Å². The zero-order valence-corrected chi connectivity index (χ0v) is 20.5. The summed E-state index contributed by atoms with van der Waals surface area (Å²) in [5.41, 5.74) is 6.37. The van der Waals surface area contributed by atoms with Crippen LogP contribution in [0, 0.1) is 17.3 Å². The third-order valence-electron chi connectivity index (χ3n) is 5.03. The number of allylic oxidation sites excluding steroid dienone is 1. The highest BCUT2D eigenvalue weighted by Crippen LogP contribution is 2.23. The lowest BCUT2D eigenvalue weighted by Gasteiger charge is -2.18. The predicted octanol–water partition coefficient (Wildman–Crippen LogP) is 8.01. The quantitative estimate of drug-likeness (QED) is 0.254. The van der Waals surface area contributed by atoms with E-state index in [1.54, 1.807) is 11.3 Å². The molecule has 0 amide bonds. The molecule has 0 aliphatic rings. The van der Waals surface area contributed by atoms with Crippen molar-refractivity contribution in [3.05, 3.63) is 94.2 Å². The number of hydrogen-bond donors (Lipinski definition) is 0. The number of hydrogen-bond acceptors (Lipinski definition) is 2. The van der Waals surface area contributed by atoms with Gasteiger partial charge in [-0.2, -0.15) is 11.3 Å². The summed E-state index contributed by atoms with van der Waals surface area (Å²) in [7, 11) is 0. The van der Waals surface area contributed by atoms with Crippen molar-refractivity contribution in [3.8, 4) is 23.0 Å². The summed E-state index contributed by atoms with van der Waals surface area (Å²) in [6.07, 6.45) is 8.54. The summed E-state index contributed by atoms with van der Waals surface area (Å²) in [6, 6.07) is 19.7. The molecule has 32 heavy (non-hydrogen) atoms. The Bertz CT molecular complexity index is 1100. The summed E-state index contributed by atoms with van der Waals surface area (Å²) < 4.78 is 0. The van der Waals surface area contributed by atoms with E-state index in [1.165, 1.54) is 27.8 Å². The minimum atomic E-state index is 0.0496. The minimum Gasteiger partial charge on any atom is -0.296 e. The van der Waals surface area contributed by atoms with E-state index in [9.17, 15) is 0 Å². The van der Waals surface area contributed by atoms with Gasteiger partial charge in [0.1, 0.15) is 0 Å². The van der Waals surface area contributed by atoms with Gasteiger partial charge in [-0.25, -0.2) is 0 Å². The second-order valence-corrected chi connectivity index (χ2v) is 9.75. The van der Waals surface area contributed by atoms with E-state index in [2.05, 4.69) is 128 Å². The van der Waals surface area contributed by atoms with Gasteiger partial charge < -0.3 is 0 Å². The van der Waals surface area contributed by atoms with Crippen LogP contribution in [0.4, 0.5) is 0 Å². The van der Waals surface area contributed by atoms with Gasteiger partial charge in [-0.3, -0.25) is 4.90 Å². The lowest BCUT2D eigenvalue weighted by molar-refractivity contribution is 0.311. The standard InChI is InChI=1S/C30H33NS/c1-5-31(19-8-6-7-18-30(2,3)4)23-27-13-9-11-25(21-27)15-16-26-12-10-14-28(22-26)29-17-20-32-24-29/h6,8-17,20-22,24H,5,19,23H2,1-4H3/b8-6+,16-15+. The fourth-order valence-electron chi connectivity index (χ4n) is 3.32. The van der Waals surface area contributed by atoms with Gasteiger partial charge in [0.2, 0.25) is 0 Å². The average molecular weight is 440 g/mol. The van der Waals surface area contributed by atoms with Crippen molar-refractivity contribution in [3.63, 3.8) is 0 Å². The molecule has 3 aromatic rings. The van der Waals surface area contributed by atoms with Gasteiger partial charge in [-0.15, -0.1) is 0 Å². The highest BCUT2D eigenvalue weighted by atomic mass is 32.1. The minimum absolute atomic E-state index is 0.0496. The molecule has 0 fully saturated rings. The van der Waals surface area contributed by atoms with Crippen LogP contribution in [0.3, 0.4) is 0 Å². The molecule has 0 atom stereocenters. The predicted molar refractivity (Wildman–Crippen MR) is 142 cm³/mol. The van der Waals surface area contributed by atoms with Crippen LogP contribution < -0.4 is 0 Å². The molecule has 0 saturated heterocycles. The Hall–Kier alpha value is -2.86. The SMILES string of the molecule is CCN(C/C=C/C#CC(C)(C)C)Cc1cccc(/C=C/c2cccc(-c3ccsc3)c2)c1. The molecule has 1 aromatic heterocycles. The molecule has 164 valence electrons. The fraction of sp³-hybridized carbons (Fsp3) is 0.267. The smallest absolute Gasteiger partial charge is 0.0237 e. The van der Waals surface area contributed by atoms with Crippen molar-refractivity contribution in [2.24, 2.45) is 5.41 Å². The molecule has 0 aliphatic carbocycles. The average Bonchev–Trinajstić information content (AvgIpc) is 3.31. The molecular weight excluding hydrogens is 406 g/mol. The van der Waals surface area contributed by atoms with Crippen LogP contribution >= 0.6 is 11.3 Å². The molecule has 2 aromatic carbocycles. The molecular formula is C30H33NS. The Kier molecular flexibility index (Phi) is 8.68. The van der Waals surface area contributed by atoms with Crippen molar-refractivity contribution in [2.75, 3.05) is 13.1 Å². The van der Waals surface area contributed by atoms with Gasteiger partial charge in [0.25, 0.3) is 0 Å². The molecule has 0 aliphatic heterocycles. The first-order valence-corrected chi connectivity index (χ1v) is 12.2. The Morgan fingerprint density at radius 2 is 1.69 bits per heavy atom. The third kappa shape index (κ3) is 8.00. The third-order valence-corrected chi connectivity index (χ3v) is 5.71. The van der Waals surface area contributed by atoms with Gasteiger partial charge >= 0.3 is 0 Å². The van der Waals surface area contributed by atoms with E-state index in [0.717, 1.165) is 19.6 Å². The number of likely N-dealkylation sites (N-methyl/N-ethyl adjacent to an activating group) is 1. The Labute approximate surface area is 198 Å². The molecule has 0 saturated carbocycles. The topological polar surface area (TPSA) is 3.24 Å². The lowest BCUT2D eigenvalue weighted by Crippen LogP contribution is -2.22. The van der Waals surface area contributed by atoms with E-state index in [4.69, 9.17) is 0 Å². The Balaban J connectivity index is 1.63. The molecule has 2 heteroatoms. The molecule has 1 heterocycles. The van der Waals surface area contributed by atoms with Gasteiger partial charge in [0, 0.05) is 18.5 Å². The van der Waals surface area contributed by atoms with Crippen molar-refractivity contribution < 1.29 is 0 Å². The van der Waals surface area contributed by atoms with Crippen LogP contribution in [0.1, 0.15) is 44.4 Å². The summed E-state index contributed by atoms with van der Waals surface area (Å²) in [5.74, 6) is 6.40. The second kappa shape index (κ2) is 11.7. The van der Waals surface area contributed by atoms with Crippen LogP contribution in [0.5, 0.6) is 0 Å². The van der Waals surface area contributed by atoms with Crippen molar-refractivity contribution >= 4 is 23.5 Å². The van der Waals surface area contributed by atoms with Crippen LogP contribution in [0.2, 0.25) is 0 Å². The number of benzene rings is 2. The van der Waals surface area contributed by atoms with E-state index in [-0.39, 0.29) is 5.41 Å². The molecule has 1 nitrogen and oxygen atoms in total. The number of thiophene rings is 1. The zero-order chi connectivity index (χ0) is 22.8. The number of rotatable bonds is 8. The van der Waals surface area contributed by atoms with Crippen molar-refractivity contribution in [2.45, 2.75) is 34.2 Å². The maximum atomic E-state index is 3.25. The maximum Gasteiger partial charge on any atom is 0.0237 e. The summed E-state index contributed by atoms with van der Waals surface area (Å²) in [5, 5.41) is 4.32. The summed E-state index contributed by atoms with van der Waals surface area (Å²) in [6.45, 7) is 11.5. The first-order chi connectivity index (χ1) is 15.4. The number of nitrogens with zero attached hydrogens (tertiary/aromatic N) is 1. The van der Waals surface area contributed by atoms with Crippen LogP contribution in [0.15, 0.2) is 77.5 Å². The largest absolute Gasteiger partial charge is 0.296 e. The molecule has 0 spiro atoms. The second-order valence-electron chi connectivity index (χ2n) is 8.97. The molecule has 0 radical (unpaired) electrons. The molecule has 0 N–H and O–H groups in total. The summed E-state index contributed by atoms with van der Waals surface area (Å²) >= 11 is 1.73. The van der Waals surface area contributed by atoms with E-state index < -0.39 is 0 Å². The molecule has 3 rings (SSSR count). The van der Waals surface area contributed by atoms with Gasteiger partial charge in [-0.05, 0) is 84.1 Å². The first kappa shape index (κ1) is 23.8. The van der Waals surface area contributed by atoms with E-state index >= 15 is 0 Å². The lowest BCUT2D eigenvalue weighted by atomic mass is 9.98. The molecule has 0 unspecified atom stereocenters. The maximum absolute atomic E-state index is 3.25. The monoisotopic (exact) mass is 439 g/mol. The van der Waals surface area contributed by atoms with Gasteiger partial charge in [0.15, 0.2) is 0 Å². The van der Waals surface area contributed by atoms with Crippen LogP contribution in [-0.2, 0) is 6.54 Å². The van der Waals surface area contributed by atoms with Crippen LogP contribution in [-0.4, -0.2) is 18.0 Å². The fourth-order valence-corrected chi connectivity index (χ4v) is 3.99. The summed E-state index contributed by atoms with van der Waals surface area (Å²) in [4.78, 5) is 2.42. The van der Waals surface area contributed by atoms with E-state index in [0.29, 0.717) is 0 Å². The highest BCUT2D eigenvalue weighted by Gasteiger charge is 2.04. The zero-order valence-electron chi connectivity index (χ0n) is 19.6. The van der Waals surface area contributed by atoms with Crippen molar-refractivity contribution in [1.82, 2.24) is 4.90 Å². The Morgan fingerprint density at radius 1 is 0.938 bits per heavy atom. The van der Waals surface area contributed by atoms with Crippen molar-refractivity contribution in [1.29, 1.82) is 0 Å². The highest BCUT2D eigenvalue weighted by molar-refractivity contribution is 7.08. The first-order valence-electron chi connectivity index (χ1n) is 11.2. The molecule has 0 bridgehead atoms. The Morgan fingerprint density at radius 3 is 2.38 bits per heavy atom. The van der Waals surface area contributed by atoms with Gasteiger partial charge in [-0.1, -0.05) is 79.5 Å². The van der Waals surface area contributed by atoms with Crippen LogP contribution in [0.25, 0.3) is 23.3 Å².